The second kappa shape index (κ2) is 8.23. The average Bonchev–Trinajstić information content (AvgIpc) is 2.96. The highest BCUT2D eigenvalue weighted by Gasteiger charge is 2.37. The smallest absolute Gasteiger partial charge is 0.163 e. The van der Waals surface area contributed by atoms with Crippen molar-refractivity contribution in [1.29, 1.82) is 0 Å². The third kappa shape index (κ3) is 3.63. The van der Waals surface area contributed by atoms with E-state index in [9.17, 15) is 4.79 Å². The number of para-hydroxylation sites is 3. The molecule has 3 aromatic rings. The van der Waals surface area contributed by atoms with Gasteiger partial charge in [-0.2, -0.15) is 0 Å². The van der Waals surface area contributed by atoms with Gasteiger partial charge in [-0.3, -0.25) is 4.79 Å². The predicted octanol–water partition coefficient (Wildman–Crippen LogP) is 6.44. The Labute approximate surface area is 190 Å². The lowest BCUT2D eigenvalue weighted by Gasteiger charge is -2.30. The van der Waals surface area contributed by atoms with Gasteiger partial charge in [-0.25, -0.2) is 0 Å². The molecule has 3 aromatic carbocycles. The number of carbonyl (C=O) groups is 1. The highest BCUT2D eigenvalue weighted by molar-refractivity contribution is 9.10. The van der Waals surface area contributed by atoms with Crippen LogP contribution in [-0.4, -0.2) is 12.9 Å². The van der Waals surface area contributed by atoms with E-state index < -0.39 is 0 Å². The molecule has 0 fully saturated rings. The number of ketones is 1. The summed E-state index contributed by atoms with van der Waals surface area (Å²) in [6.07, 6.45) is 1.21. The molecule has 1 aliphatic heterocycles. The van der Waals surface area contributed by atoms with E-state index in [2.05, 4.69) is 38.7 Å². The summed E-state index contributed by atoms with van der Waals surface area (Å²) in [5.41, 5.74) is 5.89. The maximum atomic E-state index is 13.6. The van der Waals surface area contributed by atoms with Crippen LogP contribution in [0.5, 0.6) is 5.75 Å². The van der Waals surface area contributed by atoms with Gasteiger partial charge in [-0.15, -0.1) is 0 Å². The third-order valence-corrected chi connectivity index (χ3v) is 6.83. The molecule has 2 aliphatic rings. The summed E-state index contributed by atoms with van der Waals surface area (Å²) >= 11 is 3.69. The monoisotopic (exact) mass is 474 g/mol. The lowest BCUT2D eigenvalue weighted by Crippen LogP contribution is -2.27. The summed E-state index contributed by atoms with van der Waals surface area (Å²) in [7, 11) is 1.68. The fourth-order valence-electron chi connectivity index (χ4n) is 4.66. The second-order valence-electron chi connectivity index (χ2n) is 7.93. The van der Waals surface area contributed by atoms with Gasteiger partial charge in [-0.05, 0) is 41.8 Å². The molecular weight excluding hydrogens is 452 g/mol. The first-order valence-electron chi connectivity index (χ1n) is 10.4. The average molecular weight is 475 g/mol. The molecule has 156 valence electrons. The highest BCUT2D eigenvalue weighted by Crippen LogP contribution is 2.46. The van der Waals surface area contributed by atoms with Crippen molar-refractivity contribution in [2.45, 2.75) is 24.8 Å². The lowest BCUT2D eigenvalue weighted by atomic mass is 9.78. The van der Waals surface area contributed by atoms with Crippen LogP contribution in [0.3, 0.4) is 0 Å². The Hall–Kier alpha value is -3.05. The summed E-state index contributed by atoms with van der Waals surface area (Å²) in [6.45, 7) is 0. The van der Waals surface area contributed by atoms with E-state index in [1.165, 1.54) is 0 Å². The zero-order valence-corrected chi connectivity index (χ0v) is 18.8. The van der Waals surface area contributed by atoms with E-state index >= 15 is 0 Å². The van der Waals surface area contributed by atoms with Crippen molar-refractivity contribution < 1.29 is 9.53 Å². The number of methoxy groups -OCH3 is 1. The maximum Gasteiger partial charge on any atom is 0.163 e. The molecule has 0 saturated heterocycles. The van der Waals surface area contributed by atoms with Crippen molar-refractivity contribution in [1.82, 2.24) is 0 Å². The number of nitrogens with one attached hydrogen (secondary N) is 2. The fraction of sp³-hybridized carbons (Fsp3) is 0.192. The van der Waals surface area contributed by atoms with Gasteiger partial charge in [0.15, 0.2) is 5.78 Å². The van der Waals surface area contributed by atoms with Crippen molar-refractivity contribution in [2.24, 2.45) is 0 Å². The molecule has 0 bridgehead atoms. The standard InChI is InChI=1S/C26H23BrN2O2/c1-31-24-13-7-3-8-17(24)16-14-22-25(23(30)15-16)26(18-9-2-4-10-19(18)27)29-21-12-6-5-11-20(21)28-22/h2-13,16,26,28-29H,14-15H2,1H3. The van der Waals surface area contributed by atoms with Crippen LogP contribution in [0.2, 0.25) is 0 Å². The number of fused-ring (bicyclic) bond motifs is 1. The molecule has 4 nitrogen and oxygen atoms in total. The number of anilines is 2. The van der Waals surface area contributed by atoms with Gasteiger partial charge in [0, 0.05) is 28.1 Å². The van der Waals surface area contributed by atoms with Crippen molar-refractivity contribution in [3.8, 4) is 5.75 Å². The molecule has 2 N–H and O–H groups in total. The molecule has 2 atom stereocenters. The topological polar surface area (TPSA) is 50.4 Å². The van der Waals surface area contributed by atoms with E-state index in [1.54, 1.807) is 7.11 Å². The van der Waals surface area contributed by atoms with E-state index in [-0.39, 0.29) is 17.7 Å². The van der Waals surface area contributed by atoms with Crippen LogP contribution in [0.25, 0.3) is 0 Å². The number of halogens is 1. The molecule has 5 heteroatoms. The van der Waals surface area contributed by atoms with E-state index in [0.29, 0.717) is 6.42 Å². The fourth-order valence-corrected chi connectivity index (χ4v) is 5.17. The minimum Gasteiger partial charge on any atom is -0.496 e. The van der Waals surface area contributed by atoms with Gasteiger partial charge in [0.2, 0.25) is 0 Å². The van der Waals surface area contributed by atoms with Crippen LogP contribution < -0.4 is 15.4 Å². The predicted molar refractivity (Wildman–Crippen MR) is 128 cm³/mol. The highest BCUT2D eigenvalue weighted by atomic mass is 79.9. The Morgan fingerprint density at radius 1 is 0.871 bits per heavy atom. The zero-order chi connectivity index (χ0) is 21.4. The van der Waals surface area contributed by atoms with Gasteiger partial charge in [0.25, 0.3) is 0 Å². The Morgan fingerprint density at radius 2 is 1.55 bits per heavy atom. The number of hydrogen-bond acceptors (Lipinski definition) is 4. The van der Waals surface area contributed by atoms with Gasteiger partial charge in [0.05, 0.1) is 24.5 Å². The molecule has 2 unspecified atom stereocenters. The minimum atomic E-state index is -0.229. The molecule has 1 aliphatic carbocycles. The van der Waals surface area contributed by atoms with Crippen molar-refractivity contribution >= 4 is 33.1 Å². The number of hydrogen-bond donors (Lipinski definition) is 2. The van der Waals surface area contributed by atoms with Gasteiger partial charge in [0.1, 0.15) is 5.75 Å². The van der Waals surface area contributed by atoms with Crippen molar-refractivity contribution in [3.63, 3.8) is 0 Å². The van der Waals surface area contributed by atoms with Crippen LogP contribution in [0.4, 0.5) is 11.4 Å². The summed E-state index contributed by atoms with van der Waals surface area (Å²) in [5, 5.41) is 7.22. The Balaban J connectivity index is 1.63. The SMILES string of the molecule is COc1ccccc1C1CC(=O)C2=C(C1)Nc1ccccc1NC2c1ccccc1Br. The molecule has 0 radical (unpaired) electrons. The molecule has 0 aromatic heterocycles. The normalized spacial score (nSPS) is 20.1. The zero-order valence-electron chi connectivity index (χ0n) is 17.2. The first-order chi connectivity index (χ1) is 15.2. The number of ether oxygens (including phenoxy) is 1. The van der Waals surface area contributed by atoms with Crippen LogP contribution in [-0.2, 0) is 4.79 Å². The Bertz CT molecular complexity index is 1190. The van der Waals surface area contributed by atoms with Crippen LogP contribution in [0.15, 0.2) is 88.5 Å². The molecule has 5 rings (SSSR count). The van der Waals surface area contributed by atoms with Crippen LogP contribution in [0.1, 0.15) is 35.9 Å². The molecule has 31 heavy (non-hydrogen) atoms. The summed E-state index contributed by atoms with van der Waals surface area (Å²) in [6, 6.07) is 24.0. The Kier molecular flexibility index (Phi) is 5.28. The number of allylic oxidation sites excluding steroid dienone is 1. The molecular formula is C26H23BrN2O2. The lowest BCUT2D eigenvalue weighted by molar-refractivity contribution is -0.116. The quantitative estimate of drug-likeness (QED) is 0.458. The Morgan fingerprint density at radius 3 is 2.32 bits per heavy atom. The summed E-state index contributed by atoms with van der Waals surface area (Å²) < 4.78 is 6.58. The van der Waals surface area contributed by atoms with Crippen molar-refractivity contribution in [3.05, 3.63) is 99.7 Å². The molecule has 0 amide bonds. The van der Waals surface area contributed by atoms with E-state index in [4.69, 9.17) is 4.74 Å². The van der Waals surface area contributed by atoms with Crippen molar-refractivity contribution in [2.75, 3.05) is 17.7 Å². The summed E-state index contributed by atoms with van der Waals surface area (Å²) in [5.74, 6) is 1.06. The molecule has 0 saturated carbocycles. The van der Waals surface area contributed by atoms with E-state index in [1.807, 2.05) is 60.7 Å². The minimum absolute atomic E-state index is 0.0695. The van der Waals surface area contributed by atoms with Gasteiger partial charge in [-0.1, -0.05) is 64.5 Å². The largest absolute Gasteiger partial charge is 0.496 e. The number of carbonyl (C=O) groups excluding carboxylic acids is 1. The van der Waals surface area contributed by atoms with Crippen LogP contribution >= 0.6 is 15.9 Å². The summed E-state index contributed by atoms with van der Waals surface area (Å²) in [4.78, 5) is 13.6. The van der Waals surface area contributed by atoms with Gasteiger partial charge >= 0.3 is 0 Å². The number of rotatable bonds is 3. The van der Waals surface area contributed by atoms with Gasteiger partial charge < -0.3 is 15.4 Å². The molecule has 0 spiro atoms. The van der Waals surface area contributed by atoms with E-state index in [0.717, 1.165) is 50.4 Å². The second-order valence-corrected chi connectivity index (χ2v) is 8.79. The third-order valence-electron chi connectivity index (χ3n) is 6.10. The first-order valence-corrected chi connectivity index (χ1v) is 11.2. The molecule has 1 heterocycles. The number of Topliss-reactive ketones (excluding diaryl/α,β-unsaturated/α-hetero) is 1. The first kappa shape index (κ1) is 19.9. The van der Waals surface area contributed by atoms with Crippen LogP contribution in [0, 0.1) is 0 Å². The maximum absolute atomic E-state index is 13.6. The number of benzene rings is 3.